The highest BCUT2D eigenvalue weighted by Crippen LogP contribution is 2.45. The van der Waals surface area contributed by atoms with Crippen molar-refractivity contribution in [3.8, 4) is 11.8 Å². The minimum absolute atomic E-state index is 0.138. The zero-order valence-electron chi connectivity index (χ0n) is 16.6. The van der Waals surface area contributed by atoms with E-state index in [4.69, 9.17) is 4.74 Å². The van der Waals surface area contributed by atoms with Crippen LogP contribution in [0.25, 0.3) is 0 Å². The average molecular weight is 379 g/mol. The summed E-state index contributed by atoms with van der Waals surface area (Å²) in [7, 11) is 0. The zero-order valence-corrected chi connectivity index (χ0v) is 16.6. The molecule has 1 heterocycles. The van der Waals surface area contributed by atoms with E-state index in [1.54, 1.807) is 23.2 Å². The lowest BCUT2D eigenvalue weighted by Gasteiger charge is -2.49. The number of anilines is 1. The van der Waals surface area contributed by atoms with Crippen LogP contribution in [0.1, 0.15) is 44.9 Å². The van der Waals surface area contributed by atoms with Crippen molar-refractivity contribution < 1.29 is 14.6 Å². The van der Waals surface area contributed by atoms with E-state index in [0.717, 1.165) is 5.69 Å². The summed E-state index contributed by atoms with van der Waals surface area (Å²) in [4.78, 5) is 12.5. The number of carbonyl (C=O) groups is 1. The molecule has 0 bridgehead atoms. The number of rotatable bonds is 4. The van der Waals surface area contributed by atoms with Crippen LogP contribution in [0.3, 0.4) is 0 Å². The maximum Gasteiger partial charge on any atom is 0.237 e. The van der Waals surface area contributed by atoms with Crippen molar-refractivity contribution in [2.24, 2.45) is 0 Å². The number of fused-ring (bicyclic) bond motifs is 1. The van der Waals surface area contributed by atoms with E-state index in [2.05, 4.69) is 6.07 Å². The Labute approximate surface area is 165 Å². The molecule has 0 fully saturated rings. The summed E-state index contributed by atoms with van der Waals surface area (Å²) in [6, 6.07) is 16.2. The monoisotopic (exact) mass is 379 g/mol. The molecule has 0 spiro atoms. The highest BCUT2D eigenvalue weighted by molar-refractivity contribution is 5.76. The summed E-state index contributed by atoms with van der Waals surface area (Å²) in [5.41, 5.74) is 1.04. The molecular weight excluding hydrogens is 354 g/mol. The van der Waals surface area contributed by atoms with Crippen LogP contribution in [0.4, 0.5) is 5.69 Å². The van der Waals surface area contributed by atoms with Crippen LogP contribution in [0.5, 0.6) is 5.75 Å². The molecule has 1 aliphatic rings. The normalized spacial score (nSPS) is 19.7. The van der Waals surface area contributed by atoms with Gasteiger partial charge < -0.3 is 9.84 Å². The number of nitriles is 1. The van der Waals surface area contributed by atoms with Crippen molar-refractivity contribution in [1.29, 1.82) is 5.26 Å². The van der Waals surface area contributed by atoms with Crippen molar-refractivity contribution in [2.75, 3.05) is 11.6 Å². The second kappa shape index (κ2) is 7.53. The number of ether oxygens (including phenoxy) is 1. The summed E-state index contributed by atoms with van der Waals surface area (Å²) in [6.45, 7) is 7.46. The molecule has 28 heavy (non-hydrogen) atoms. The number of amides is 1. The molecule has 1 amide bonds. The molecule has 0 aliphatic carbocycles. The minimum Gasteiger partial charge on any atom is -0.485 e. The van der Waals surface area contributed by atoms with Crippen LogP contribution in [-0.2, 0) is 4.79 Å². The Balaban J connectivity index is 2.26. The van der Waals surface area contributed by atoms with Crippen LogP contribution in [0.2, 0.25) is 0 Å². The Bertz CT molecular complexity index is 905. The van der Waals surface area contributed by atoms with Crippen molar-refractivity contribution in [2.45, 2.75) is 45.4 Å². The third-order valence-corrected chi connectivity index (χ3v) is 5.05. The number of hydrogen-bond acceptors (Lipinski definition) is 5. The van der Waals surface area contributed by atoms with E-state index >= 15 is 0 Å². The minimum atomic E-state index is -0.942. The van der Waals surface area contributed by atoms with Gasteiger partial charge in [0.05, 0.1) is 17.3 Å². The van der Waals surface area contributed by atoms with Crippen LogP contribution in [0.15, 0.2) is 48.5 Å². The molecular formula is C22H25N3O3. The number of para-hydroxylation sites is 1. The molecule has 0 radical (unpaired) electrons. The molecule has 6 nitrogen and oxygen atoms in total. The molecule has 0 aromatic heterocycles. The van der Waals surface area contributed by atoms with Gasteiger partial charge in [0.25, 0.3) is 0 Å². The zero-order chi connectivity index (χ0) is 20.5. The Kier molecular flexibility index (Phi) is 5.30. The molecule has 2 atom stereocenters. The molecule has 3 rings (SSSR count). The van der Waals surface area contributed by atoms with Gasteiger partial charge in [-0.25, -0.2) is 0 Å². The largest absolute Gasteiger partial charge is 0.485 e. The molecule has 2 aromatic rings. The average Bonchev–Trinajstić information content (AvgIpc) is 2.67. The first kappa shape index (κ1) is 19.7. The molecule has 0 saturated carbocycles. The second-order valence-corrected chi connectivity index (χ2v) is 7.37. The molecule has 1 N–H and O–H groups in total. The first-order valence-corrected chi connectivity index (χ1v) is 9.33. The smallest absolute Gasteiger partial charge is 0.237 e. The van der Waals surface area contributed by atoms with E-state index in [1.165, 1.54) is 6.92 Å². The summed E-state index contributed by atoms with van der Waals surface area (Å²) < 4.78 is 6.03. The number of carbonyl (C=O) groups excluding carboxylic acids is 1. The van der Waals surface area contributed by atoms with Gasteiger partial charge >= 0.3 is 0 Å². The Morgan fingerprint density at radius 2 is 1.93 bits per heavy atom. The van der Waals surface area contributed by atoms with E-state index < -0.39 is 17.7 Å². The lowest BCUT2D eigenvalue weighted by Crippen LogP contribution is -2.58. The van der Waals surface area contributed by atoms with Crippen LogP contribution in [0, 0.1) is 11.3 Å². The van der Waals surface area contributed by atoms with Crippen molar-refractivity contribution >= 4 is 11.6 Å². The van der Waals surface area contributed by atoms with Crippen LogP contribution >= 0.6 is 0 Å². The number of hydrazine groups is 1. The number of hydrogen-bond donors (Lipinski definition) is 1. The Hall–Kier alpha value is -3.04. The number of aliphatic hydroxyl groups excluding tert-OH is 1. The maximum atomic E-state index is 12.5. The van der Waals surface area contributed by atoms with Crippen molar-refractivity contribution in [3.05, 3.63) is 59.7 Å². The summed E-state index contributed by atoms with van der Waals surface area (Å²) in [6.07, 6.45) is -0.942. The van der Waals surface area contributed by atoms with Gasteiger partial charge in [-0.05, 0) is 51.1 Å². The second-order valence-electron chi connectivity index (χ2n) is 7.37. The fourth-order valence-corrected chi connectivity index (χ4v) is 3.66. The highest BCUT2D eigenvalue weighted by atomic mass is 16.5. The molecule has 6 heteroatoms. The quantitative estimate of drug-likeness (QED) is 0.824. The summed E-state index contributed by atoms with van der Waals surface area (Å²) in [5.74, 6) is 0.459. The van der Waals surface area contributed by atoms with E-state index in [1.807, 2.05) is 56.1 Å². The van der Waals surface area contributed by atoms with Gasteiger partial charge in [0.2, 0.25) is 5.91 Å². The van der Waals surface area contributed by atoms with Gasteiger partial charge in [-0.15, -0.1) is 0 Å². The third-order valence-electron chi connectivity index (χ3n) is 5.05. The fraction of sp³-hybridized carbons (Fsp3) is 0.364. The molecule has 0 unspecified atom stereocenters. The predicted molar refractivity (Wildman–Crippen MR) is 107 cm³/mol. The van der Waals surface area contributed by atoms with Gasteiger partial charge in [-0.2, -0.15) is 5.26 Å². The maximum absolute atomic E-state index is 12.5. The van der Waals surface area contributed by atoms with Crippen LogP contribution < -0.4 is 9.75 Å². The predicted octanol–water partition coefficient (Wildman–Crippen LogP) is 3.42. The first-order valence-electron chi connectivity index (χ1n) is 9.33. The first-order chi connectivity index (χ1) is 13.3. The SMILES string of the molecule is CCN(C(C)=O)N(c1ccccc1)[C@@H]1c2cc(C#N)ccc2OC(C)(C)[C@@H]1O. The van der Waals surface area contributed by atoms with E-state index in [9.17, 15) is 15.2 Å². The highest BCUT2D eigenvalue weighted by Gasteiger charge is 2.47. The molecule has 146 valence electrons. The van der Waals surface area contributed by atoms with Crippen LogP contribution in [-0.4, -0.2) is 34.3 Å². The standard InChI is InChI=1S/C22H25N3O3/c1-5-24(15(2)26)25(17-9-7-6-8-10-17)20-18-13-16(14-23)11-12-19(18)28-22(3,4)21(20)27/h6-13,20-21,27H,5H2,1-4H3/t20-,21-/m1/s1. The van der Waals surface area contributed by atoms with Gasteiger partial charge in [0, 0.05) is 19.0 Å². The van der Waals surface area contributed by atoms with Gasteiger partial charge in [0.1, 0.15) is 23.5 Å². The molecule has 1 aliphatic heterocycles. The van der Waals surface area contributed by atoms with E-state index in [-0.39, 0.29) is 5.91 Å². The van der Waals surface area contributed by atoms with Crippen molar-refractivity contribution in [1.82, 2.24) is 5.01 Å². The lowest BCUT2D eigenvalue weighted by molar-refractivity contribution is -0.131. The fourth-order valence-electron chi connectivity index (χ4n) is 3.66. The Morgan fingerprint density at radius 1 is 1.25 bits per heavy atom. The summed E-state index contributed by atoms with van der Waals surface area (Å²) >= 11 is 0. The third kappa shape index (κ3) is 3.41. The summed E-state index contributed by atoms with van der Waals surface area (Å²) in [5, 5.41) is 24.1. The number of benzene rings is 2. The van der Waals surface area contributed by atoms with Gasteiger partial charge in [0.15, 0.2) is 0 Å². The molecule has 2 aromatic carbocycles. The lowest BCUT2D eigenvalue weighted by atomic mass is 9.85. The van der Waals surface area contributed by atoms with E-state index in [0.29, 0.717) is 23.4 Å². The molecule has 0 saturated heterocycles. The van der Waals surface area contributed by atoms with Gasteiger partial charge in [-0.3, -0.25) is 14.8 Å². The number of nitrogens with zero attached hydrogens (tertiary/aromatic N) is 3. The van der Waals surface area contributed by atoms with Crippen molar-refractivity contribution in [3.63, 3.8) is 0 Å². The number of aliphatic hydroxyl groups is 1. The van der Waals surface area contributed by atoms with Gasteiger partial charge in [-0.1, -0.05) is 18.2 Å². The Morgan fingerprint density at radius 3 is 2.50 bits per heavy atom. The topological polar surface area (TPSA) is 76.8 Å².